The molecule has 0 radical (unpaired) electrons. The molecule has 9 fully saturated rings. The highest BCUT2D eigenvalue weighted by Gasteiger charge is 2.87. The van der Waals surface area contributed by atoms with Gasteiger partial charge in [-0.3, -0.25) is 4.79 Å². The first-order chi connectivity index (χ1) is 22.4. The summed E-state index contributed by atoms with van der Waals surface area (Å²) >= 11 is 0. The minimum atomic E-state index is -1.31. The van der Waals surface area contributed by atoms with Crippen LogP contribution in [-0.4, -0.2) is 99.7 Å². The van der Waals surface area contributed by atoms with E-state index in [9.17, 15) is 25.2 Å². The molecule has 1 unspecified atom stereocenters. The molecule has 0 aromatic carbocycles. The summed E-state index contributed by atoms with van der Waals surface area (Å²) in [5.41, 5.74) is -1.23. The van der Waals surface area contributed by atoms with E-state index in [-0.39, 0.29) is 75.9 Å². The molecule has 11 nitrogen and oxygen atoms in total. The third-order valence-electron chi connectivity index (χ3n) is 16.8. The van der Waals surface area contributed by atoms with Crippen LogP contribution in [0.15, 0.2) is 0 Å². The minimum absolute atomic E-state index is 0.0420. The summed E-state index contributed by atoms with van der Waals surface area (Å²) in [6, 6.07) is 0. The van der Waals surface area contributed by atoms with Crippen LogP contribution in [0.25, 0.3) is 0 Å². The van der Waals surface area contributed by atoms with E-state index in [1.165, 1.54) is 0 Å². The van der Waals surface area contributed by atoms with Crippen LogP contribution in [0.2, 0.25) is 0 Å². The minimum Gasteiger partial charge on any atom is -0.462 e. The summed E-state index contributed by atoms with van der Waals surface area (Å²) in [4.78, 5) is 12.9. The molecular formula is C37H56O11. The van der Waals surface area contributed by atoms with Crippen LogP contribution in [0.3, 0.4) is 0 Å². The van der Waals surface area contributed by atoms with E-state index in [1.54, 1.807) is 6.92 Å². The maximum atomic E-state index is 12.9. The molecule has 11 heteroatoms. The standard InChI is InChI=1S/C37H56O11/c1-17-12-37(29-34(7,47-29)30(42)48-37)46-20-13-32(5)22-9-8-21-31(3,4)23(45-28-27(41)26(40)19(39)15-43-28)10-11-35(21)16-36(22,35)14-24(44-18(2)38)33(32,6)25(17)20/h17,19-30,39-42H,8-16H2,1-7H3/t17-,19-,20+,21+,22+,23+,24-,25+,26+,27-,28+,29-,30?,32+,33-,34+,35-,36+,37-/m1/s1. The maximum Gasteiger partial charge on any atom is 0.302 e. The zero-order valence-electron chi connectivity index (χ0n) is 29.5. The molecule has 5 saturated carbocycles. The van der Waals surface area contributed by atoms with Crippen LogP contribution < -0.4 is 0 Å². The largest absolute Gasteiger partial charge is 0.462 e. The molecule has 4 aliphatic heterocycles. The number of rotatable bonds is 3. The van der Waals surface area contributed by atoms with E-state index in [4.69, 9.17) is 28.4 Å². The number of epoxide rings is 1. The van der Waals surface area contributed by atoms with Gasteiger partial charge in [0, 0.05) is 18.8 Å². The molecule has 0 amide bonds. The van der Waals surface area contributed by atoms with Crippen molar-refractivity contribution in [1.82, 2.24) is 0 Å². The molecule has 4 saturated heterocycles. The quantitative estimate of drug-likeness (QED) is 0.198. The van der Waals surface area contributed by atoms with Crippen molar-refractivity contribution in [1.29, 1.82) is 0 Å². The number of esters is 1. The number of aliphatic hydroxyl groups is 4. The van der Waals surface area contributed by atoms with Crippen molar-refractivity contribution in [2.45, 2.75) is 167 Å². The SMILES string of the molecule is CC(=O)O[C@@H]1C[C@@]23C[C@@]24CC[C@H](O[C@@H]2OC[C@@H](O)[C@H](O)[C@H]2O)C(C)(C)[C@@H]4CC[C@H]3[C@]2(C)C[C@@H]3O[C@]4(C[C@@H](C)[C@@H]3[C@@]12C)OC(O)[C@@]1(C)O[C@@H]41. The zero-order chi connectivity index (χ0) is 34.2. The summed E-state index contributed by atoms with van der Waals surface area (Å²) in [6.07, 6.45) is 0.880. The van der Waals surface area contributed by atoms with Gasteiger partial charge >= 0.3 is 5.97 Å². The van der Waals surface area contributed by atoms with Crippen molar-refractivity contribution in [3.8, 4) is 0 Å². The second-order valence-electron chi connectivity index (χ2n) is 18.9. The summed E-state index contributed by atoms with van der Waals surface area (Å²) in [7, 11) is 0. The Morgan fingerprint density at radius 2 is 1.56 bits per heavy atom. The Kier molecular flexibility index (Phi) is 6.70. The first-order valence-corrected chi connectivity index (χ1v) is 18.6. The molecule has 270 valence electrons. The van der Waals surface area contributed by atoms with Crippen LogP contribution in [0.4, 0.5) is 0 Å². The molecule has 0 bridgehead atoms. The highest BCUT2D eigenvalue weighted by molar-refractivity contribution is 5.66. The molecule has 19 atom stereocenters. The average molecular weight is 677 g/mol. The fourth-order valence-electron chi connectivity index (χ4n) is 14.6. The monoisotopic (exact) mass is 676 g/mol. The zero-order valence-corrected chi connectivity index (χ0v) is 29.5. The van der Waals surface area contributed by atoms with Crippen LogP contribution >= 0.6 is 0 Å². The predicted octanol–water partition coefficient (Wildman–Crippen LogP) is 3.03. The van der Waals surface area contributed by atoms with Gasteiger partial charge in [-0.15, -0.1) is 0 Å². The first-order valence-electron chi connectivity index (χ1n) is 18.6. The van der Waals surface area contributed by atoms with Crippen molar-refractivity contribution in [3.63, 3.8) is 0 Å². The van der Waals surface area contributed by atoms with Gasteiger partial charge in [-0.05, 0) is 97.2 Å². The Labute approximate surface area is 283 Å². The van der Waals surface area contributed by atoms with Crippen molar-refractivity contribution in [3.05, 3.63) is 0 Å². The molecule has 9 aliphatic rings. The van der Waals surface area contributed by atoms with Crippen molar-refractivity contribution in [2.24, 2.45) is 50.7 Å². The van der Waals surface area contributed by atoms with Gasteiger partial charge in [-0.2, -0.15) is 0 Å². The van der Waals surface area contributed by atoms with Gasteiger partial charge in [0.1, 0.15) is 36.1 Å². The molecule has 5 aliphatic carbocycles. The number of aliphatic hydroxyl groups excluding tert-OH is 4. The van der Waals surface area contributed by atoms with Crippen molar-refractivity contribution < 1.29 is 53.6 Å². The van der Waals surface area contributed by atoms with E-state index in [1.807, 2.05) is 6.92 Å². The predicted molar refractivity (Wildman–Crippen MR) is 168 cm³/mol. The Bertz CT molecular complexity index is 1390. The Morgan fingerprint density at radius 3 is 2.23 bits per heavy atom. The van der Waals surface area contributed by atoms with Crippen LogP contribution in [-0.2, 0) is 33.2 Å². The summed E-state index contributed by atoms with van der Waals surface area (Å²) in [6.45, 7) is 15.1. The van der Waals surface area contributed by atoms with Gasteiger partial charge in [0.15, 0.2) is 12.6 Å². The van der Waals surface area contributed by atoms with E-state index >= 15 is 0 Å². The summed E-state index contributed by atoms with van der Waals surface area (Å²) < 4.78 is 37.9. The molecule has 0 aromatic heterocycles. The third kappa shape index (κ3) is 3.74. The molecule has 3 spiro atoms. The third-order valence-corrected chi connectivity index (χ3v) is 16.8. The van der Waals surface area contributed by atoms with Gasteiger partial charge in [-0.25, -0.2) is 0 Å². The van der Waals surface area contributed by atoms with Gasteiger partial charge in [0.2, 0.25) is 5.79 Å². The fraction of sp³-hybridized carbons (Fsp3) is 0.973. The highest BCUT2D eigenvalue weighted by Crippen LogP contribution is 2.89. The van der Waals surface area contributed by atoms with Gasteiger partial charge < -0.3 is 48.8 Å². The van der Waals surface area contributed by atoms with Gasteiger partial charge in [-0.1, -0.05) is 34.6 Å². The van der Waals surface area contributed by atoms with Crippen LogP contribution in [0.1, 0.15) is 99.8 Å². The lowest BCUT2D eigenvalue weighted by molar-refractivity contribution is -0.346. The molecule has 48 heavy (non-hydrogen) atoms. The Balaban J connectivity index is 1.03. The Morgan fingerprint density at radius 1 is 0.833 bits per heavy atom. The van der Waals surface area contributed by atoms with E-state index in [2.05, 4.69) is 34.6 Å². The number of hydrogen-bond acceptors (Lipinski definition) is 11. The molecular weight excluding hydrogens is 620 g/mol. The lowest BCUT2D eigenvalue weighted by atomic mass is 9.41. The average Bonchev–Trinajstić information content (AvgIpc) is 3.84. The van der Waals surface area contributed by atoms with Crippen LogP contribution in [0, 0.1) is 50.7 Å². The molecule has 4 N–H and O–H groups in total. The molecule has 9 rings (SSSR count). The second-order valence-corrected chi connectivity index (χ2v) is 18.9. The second kappa shape index (κ2) is 9.75. The van der Waals surface area contributed by atoms with Crippen LogP contribution in [0.5, 0.6) is 0 Å². The van der Waals surface area contributed by atoms with E-state index < -0.39 is 42.3 Å². The van der Waals surface area contributed by atoms with Crippen molar-refractivity contribution in [2.75, 3.05) is 6.61 Å². The maximum absolute atomic E-state index is 12.9. The lowest BCUT2D eigenvalue weighted by Crippen LogP contribution is -2.64. The number of carbonyl (C=O) groups excluding carboxylic acids is 1. The number of ether oxygens (including phenoxy) is 6. The van der Waals surface area contributed by atoms with Crippen molar-refractivity contribution >= 4 is 5.97 Å². The van der Waals surface area contributed by atoms with E-state index in [0.29, 0.717) is 18.3 Å². The number of carbonyl (C=O) groups is 1. The summed E-state index contributed by atoms with van der Waals surface area (Å²) in [5, 5.41) is 41.7. The first kappa shape index (κ1) is 33.0. The Hall–Kier alpha value is -0.890. The number of fused-ring (bicyclic) bond motifs is 6. The molecule has 0 aromatic rings. The van der Waals surface area contributed by atoms with E-state index in [0.717, 1.165) is 44.9 Å². The van der Waals surface area contributed by atoms with Gasteiger partial charge in [0.05, 0.1) is 18.8 Å². The molecule has 4 heterocycles. The highest BCUT2D eigenvalue weighted by atomic mass is 16.8. The summed E-state index contributed by atoms with van der Waals surface area (Å²) in [5.74, 6) is 0.0295. The lowest BCUT2D eigenvalue weighted by Gasteiger charge is -2.65. The number of hydrogen-bond donors (Lipinski definition) is 4. The van der Waals surface area contributed by atoms with Gasteiger partial charge in [0.25, 0.3) is 0 Å². The normalized spacial score (nSPS) is 63.3. The smallest absolute Gasteiger partial charge is 0.302 e. The topological polar surface area (TPSA) is 157 Å². The fourth-order valence-corrected chi connectivity index (χ4v) is 14.6.